The minimum atomic E-state index is -4.51. The van der Waals surface area contributed by atoms with Crippen LogP contribution in [-0.4, -0.2) is 5.97 Å². The van der Waals surface area contributed by atoms with Crippen LogP contribution in [0.1, 0.15) is 18.9 Å². The lowest BCUT2D eigenvalue weighted by Gasteiger charge is -2.11. The molecule has 1 aromatic rings. The van der Waals surface area contributed by atoms with Gasteiger partial charge in [0.05, 0.1) is 5.56 Å². The zero-order chi connectivity index (χ0) is 11.5. The summed E-state index contributed by atoms with van der Waals surface area (Å²) in [5.74, 6) is -1.14. The molecule has 0 aliphatic rings. The first-order chi connectivity index (χ1) is 6.95. The van der Waals surface area contributed by atoms with Gasteiger partial charge in [0.2, 0.25) is 0 Å². The number of rotatable bonds is 2. The lowest BCUT2D eigenvalue weighted by Crippen LogP contribution is -2.12. The molecular weight excluding hydrogens is 209 g/mol. The van der Waals surface area contributed by atoms with Gasteiger partial charge in [0.15, 0.2) is 0 Å². The zero-order valence-corrected chi connectivity index (χ0v) is 7.97. The van der Waals surface area contributed by atoms with E-state index >= 15 is 0 Å². The second-order valence-electron chi connectivity index (χ2n) is 2.82. The average molecular weight is 218 g/mol. The van der Waals surface area contributed by atoms with Gasteiger partial charge in [0.25, 0.3) is 0 Å². The maximum Gasteiger partial charge on any atom is 0.419 e. The summed E-state index contributed by atoms with van der Waals surface area (Å²) in [6, 6.07) is 4.62. The number of para-hydroxylation sites is 1. The summed E-state index contributed by atoms with van der Waals surface area (Å²) in [4.78, 5) is 10.9. The molecule has 0 atom stereocenters. The summed E-state index contributed by atoms with van der Waals surface area (Å²) in [6.07, 6.45) is -4.48. The first kappa shape index (κ1) is 11.6. The monoisotopic (exact) mass is 218 g/mol. The molecule has 0 fully saturated rings. The highest BCUT2D eigenvalue weighted by molar-refractivity contribution is 5.72. The van der Waals surface area contributed by atoms with Crippen LogP contribution in [-0.2, 0) is 11.0 Å². The standard InChI is InChI=1S/C10H9F3O2/c1-2-9(14)15-8-6-4-3-5-7(8)10(11,12)13/h3-6H,2H2,1H3. The molecule has 0 amide bonds. The smallest absolute Gasteiger partial charge is 0.419 e. The minimum absolute atomic E-state index is 0.0339. The Kier molecular flexibility index (Phi) is 3.34. The Balaban J connectivity index is 3.02. The summed E-state index contributed by atoms with van der Waals surface area (Å²) in [7, 11) is 0. The summed E-state index contributed by atoms with van der Waals surface area (Å²) in [5, 5.41) is 0. The first-order valence-corrected chi connectivity index (χ1v) is 4.32. The van der Waals surface area contributed by atoms with Gasteiger partial charge >= 0.3 is 12.1 Å². The third kappa shape index (κ3) is 2.97. The fourth-order valence-corrected chi connectivity index (χ4v) is 0.985. The van der Waals surface area contributed by atoms with Crippen LogP contribution in [0.3, 0.4) is 0 Å². The summed E-state index contributed by atoms with van der Waals surface area (Å²) < 4.78 is 41.8. The Morgan fingerprint density at radius 2 is 1.93 bits per heavy atom. The molecule has 0 saturated heterocycles. The summed E-state index contributed by atoms with van der Waals surface area (Å²) in [5.41, 5.74) is -0.938. The molecule has 0 radical (unpaired) electrons. The van der Waals surface area contributed by atoms with Crippen LogP contribution in [0.25, 0.3) is 0 Å². The van der Waals surface area contributed by atoms with Crippen molar-refractivity contribution in [2.24, 2.45) is 0 Å². The average Bonchev–Trinajstić information content (AvgIpc) is 2.17. The Hall–Kier alpha value is -1.52. The van der Waals surface area contributed by atoms with Gasteiger partial charge in [0.1, 0.15) is 5.75 Å². The molecule has 5 heteroatoms. The molecule has 0 aliphatic carbocycles. The Morgan fingerprint density at radius 3 is 2.47 bits per heavy atom. The Labute approximate surface area is 84.7 Å². The predicted octanol–water partition coefficient (Wildman–Crippen LogP) is 3.02. The van der Waals surface area contributed by atoms with E-state index in [0.29, 0.717) is 0 Å². The topological polar surface area (TPSA) is 26.3 Å². The van der Waals surface area contributed by atoms with E-state index in [1.54, 1.807) is 0 Å². The van der Waals surface area contributed by atoms with Crippen molar-refractivity contribution in [3.05, 3.63) is 29.8 Å². The number of carbonyl (C=O) groups excluding carboxylic acids is 1. The first-order valence-electron chi connectivity index (χ1n) is 4.32. The number of carbonyl (C=O) groups is 1. The van der Waals surface area contributed by atoms with Crippen LogP contribution in [0.4, 0.5) is 13.2 Å². The van der Waals surface area contributed by atoms with Gasteiger partial charge in [-0.25, -0.2) is 0 Å². The van der Waals surface area contributed by atoms with Crippen molar-refractivity contribution in [1.82, 2.24) is 0 Å². The summed E-state index contributed by atoms with van der Waals surface area (Å²) >= 11 is 0. The van der Waals surface area contributed by atoms with Crippen molar-refractivity contribution in [3.8, 4) is 5.75 Å². The van der Waals surface area contributed by atoms with Gasteiger partial charge in [-0.2, -0.15) is 13.2 Å². The molecule has 0 heterocycles. The van der Waals surface area contributed by atoms with Crippen molar-refractivity contribution in [3.63, 3.8) is 0 Å². The molecule has 0 spiro atoms. The zero-order valence-electron chi connectivity index (χ0n) is 7.97. The van der Waals surface area contributed by atoms with Crippen molar-refractivity contribution in [2.75, 3.05) is 0 Å². The molecular formula is C10H9F3O2. The lowest BCUT2D eigenvalue weighted by atomic mass is 10.2. The van der Waals surface area contributed by atoms with E-state index < -0.39 is 23.5 Å². The van der Waals surface area contributed by atoms with E-state index in [1.165, 1.54) is 19.1 Å². The van der Waals surface area contributed by atoms with E-state index in [4.69, 9.17) is 0 Å². The fraction of sp³-hybridized carbons (Fsp3) is 0.300. The van der Waals surface area contributed by atoms with Crippen molar-refractivity contribution < 1.29 is 22.7 Å². The summed E-state index contributed by atoms with van der Waals surface area (Å²) in [6.45, 7) is 1.51. The van der Waals surface area contributed by atoms with Gasteiger partial charge in [-0.15, -0.1) is 0 Å². The van der Waals surface area contributed by atoms with Gasteiger partial charge < -0.3 is 4.74 Å². The number of halogens is 3. The molecule has 82 valence electrons. The highest BCUT2D eigenvalue weighted by atomic mass is 19.4. The molecule has 15 heavy (non-hydrogen) atoms. The van der Waals surface area contributed by atoms with E-state index in [-0.39, 0.29) is 6.42 Å². The number of hydrogen-bond acceptors (Lipinski definition) is 2. The Morgan fingerprint density at radius 1 is 1.33 bits per heavy atom. The van der Waals surface area contributed by atoms with Gasteiger partial charge in [-0.3, -0.25) is 4.79 Å². The fourth-order valence-electron chi connectivity index (χ4n) is 0.985. The lowest BCUT2D eigenvalue weighted by molar-refractivity contribution is -0.142. The molecule has 0 bridgehead atoms. The van der Waals surface area contributed by atoms with E-state index in [9.17, 15) is 18.0 Å². The van der Waals surface area contributed by atoms with Crippen LogP contribution in [0, 0.1) is 0 Å². The van der Waals surface area contributed by atoms with E-state index in [1.807, 2.05) is 0 Å². The largest absolute Gasteiger partial charge is 0.426 e. The van der Waals surface area contributed by atoms with Gasteiger partial charge in [0, 0.05) is 6.42 Å². The van der Waals surface area contributed by atoms with Crippen LogP contribution >= 0.6 is 0 Å². The number of ether oxygens (including phenoxy) is 1. The predicted molar refractivity (Wildman–Crippen MR) is 47.4 cm³/mol. The molecule has 0 unspecified atom stereocenters. The second kappa shape index (κ2) is 4.33. The molecule has 0 saturated carbocycles. The second-order valence-corrected chi connectivity index (χ2v) is 2.82. The normalized spacial score (nSPS) is 11.2. The SMILES string of the molecule is CCC(=O)Oc1ccccc1C(F)(F)F. The number of alkyl halides is 3. The highest BCUT2D eigenvalue weighted by Crippen LogP contribution is 2.35. The van der Waals surface area contributed by atoms with Crippen molar-refractivity contribution >= 4 is 5.97 Å². The third-order valence-corrected chi connectivity index (χ3v) is 1.70. The molecule has 1 rings (SSSR count). The molecule has 0 aromatic heterocycles. The van der Waals surface area contributed by atoms with Gasteiger partial charge in [-0.1, -0.05) is 19.1 Å². The quantitative estimate of drug-likeness (QED) is 0.563. The molecule has 1 aromatic carbocycles. The van der Waals surface area contributed by atoms with Crippen molar-refractivity contribution in [1.29, 1.82) is 0 Å². The highest BCUT2D eigenvalue weighted by Gasteiger charge is 2.34. The number of benzene rings is 1. The number of hydrogen-bond donors (Lipinski definition) is 0. The van der Waals surface area contributed by atoms with Crippen LogP contribution in [0.15, 0.2) is 24.3 Å². The Bertz CT molecular complexity index is 358. The van der Waals surface area contributed by atoms with Gasteiger partial charge in [-0.05, 0) is 12.1 Å². The maximum atomic E-state index is 12.4. The number of esters is 1. The maximum absolute atomic E-state index is 12.4. The van der Waals surface area contributed by atoms with E-state index in [0.717, 1.165) is 12.1 Å². The van der Waals surface area contributed by atoms with Crippen LogP contribution in [0.5, 0.6) is 5.75 Å². The minimum Gasteiger partial charge on any atom is -0.426 e. The van der Waals surface area contributed by atoms with Crippen LogP contribution in [0.2, 0.25) is 0 Å². The molecule has 0 aliphatic heterocycles. The van der Waals surface area contributed by atoms with Crippen LogP contribution < -0.4 is 4.74 Å². The molecule has 2 nitrogen and oxygen atoms in total. The molecule has 0 N–H and O–H groups in total. The van der Waals surface area contributed by atoms with Crippen molar-refractivity contribution in [2.45, 2.75) is 19.5 Å². The third-order valence-electron chi connectivity index (χ3n) is 1.70. The van der Waals surface area contributed by atoms with E-state index in [2.05, 4.69) is 4.74 Å².